The monoisotopic (exact) mass is 489 g/mol. The Labute approximate surface area is 221 Å². The zero-order chi connectivity index (χ0) is 24.7. The molecule has 0 N–H and O–H groups in total. The number of unbranched alkanes of at least 4 members (excludes halogenated alkanes) is 12. The van der Waals surface area contributed by atoms with Crippen molar-refractivity contribution in [2.24, 2.45) is 11.8 Å². The van der Waals surface area contributed by atoms with E-state index in [1.54, 1.807) is 0 Å². The summed E-state index contributed by atoms with van der Waals surface area (Å²) in [6.45, 7) is 0. The van der Waals surface area contributed by atoms with Crippen molar-refractivity contribution in [3.63, 3.8) is 0 Å². The van der Waals surface area contributed by atoms with Crippen LogP contribution in [0.1, 0.15) is 140 Å². The van der Waals surface area contributed by atoms with Gasteiger partial charge in [0.25, 0.3) is 0 Å². The van der Waals surface area contributed by atoms with Crippen LogP contribution in [0.4, 0.5) is 0 Å². The van der Waals surface area contributed by atoms with Crippen LogP contribution >= 0.6 is 0 Å². The van der Waals surface area contributed by atoms with Crippen LogP contribution in [-0.2, 0) is 12.8 Å². The summed E-state index contributed by atoms with van der Waals surface area (Å²) in [6.07, 6.45) is 36.5. The second-order valence-corrected chi connectivity index (χ2v) is 11.9. The molecule has 2 heterocycles. The molecule has 0 bridgehead atoms. The molecule has 0 saturated heterocycles. The van der Waals surface area contributed by atoms with Gasteiger partial charge >= 0.3 is 0 Å². The van der Waals surface area contributed by atoms with Crippen molar-refractivity contribution >= 4 is 0 Å². The maximum atomic E-state index is 4.67. The van der Waals surface area contributed by atoms with E-state index in [1.807, 2.05) is 18.6 Å². The second kappa shape index (κ2) is 16.2. The van der Waals surface area contributed by atoms with Gasteiger partial charge in [0.1, 0.15) is 5.69 Å². The largest absolute Gasteiger partial charge is 0.257 e. The summed E-state index contributed by atoms with van der Waals surface area (Å²) in [5.74, 6) is 2.21. The molecule has 0 amide bonds. The van der Waals surface area contributed by atoms with Crippen molar-refractivity contribution in [1.82, 2.24) is 15.0 Å². The van der Waals surface area contributed by atoms with Gasteiger partial charge in [0.15, 0.2) is 0 Å². The highest BCUT2D eigenvalue weighted by molar-refractivity contribution is 5.52. The Kier molecular flexibility index (Phi) is 12.2. The molecule has 2 fully saturated rings. The Morgan fingerprint density at radius 1 is 0.472 bits per heavy atom. The molecule has 0 aromatic carbocycles. The molecule has 0 atom stereocenters. The molecule has 36 heavy (non-hydrogen) atoms. The maximum absolute atomic E-state index is 4.67. The van der Waals surface area contributed by atoms with Crippen molar-refractivity contribution in [1.29, 1.82) is 0 Å². The maximum Gasteiger partial charge on any atom is 0.107 e. The molecular formula is C33H51N3. The van der Waals surface area contributed by atoms with Crippen LogP contribution in [0.3, 0.4) is 0 Å². The normalized spacial score (nSPS) is 15.4. The fourth-order valence-corrected chi connectivity index (χ4v) is 5.42. The smallest absolute Gasteiger partial charge is 0.107 e. The Hall–Kier alpha value is -1.77. The van der Waals surface area contributed by atoms with E-state index in [9.17, 15) is 0 Å². The fraction of sp³-hybridized carbons (Fsp3) is 0.727. The van der Waals surface area contributed by atoms with Gasteiger partial charge in [0.05, 0.1) is 17.6 Å². The van der Waals surface area contributed by atoms with Gasteiger partial charge in [0, 0.05) is 12.4 Å². The van der Waals surface area contributed by atoms with Gasteiger partial charge in [-0.25, -0.2) is 0 Å². The molecule has 2 aromatic heterocycles. The van der Waals surface area contributed by atoms with E-state index in [4.69, 9.17) is 0 Å². The lowest BCUT2D eigenvalue weighted by Gasteiger charge is -2.05. The lowest BCUT2D eigenvalue weighted by Crippen LogP contribution is -1.96. The molecule has 3 heteroatoms. The quantitative estimate of drug-likeness (QED) is 0.164. The van der Waals surface area contributed by atoms with Gasteiger partial charge in [-0.2, -0.15) is 0 Å². The Balaban J connectivity index is 1.01. The van der Waals surface area contributed by atoms with Crippen LogP contribution in [0.25, 0.3) is 11.4 Å². The van der Waals surface area contributed by atoms with Gasteiger partial charge in [-0.3, -0.25) is 15.0 Å². The SMILES string of the molecule is c1cc(-c2cnc(CCCCCCCCCC3CC3)cn2)ncc1CCCCCCCCCC1CC1. The summed E-state index contributed by atoms with van der Waals surface area (Å²) >= 11 is 0. The van der Waals surface area contributed by atoms with Crippen LogP contribution in [0, 0.1) is 11.8 Å². The number of hydrogen-bond donors (Lipinski definition) is 0. The van der Waals surface area contributed by atoms with E-state index >= 15 is 0 Å². The Morgan fingerprint density at radius 2 is 1.00 bits per heavy atom. The number of aryl methyl sites for hydroxylation is 2. The van der Waals surface area contributed by atoms with Gasteiger partial charge in [-0.05, 0) is 49.1 Å². The average molecular weight is 490 g/mol. The number of pyridine rings is 1. The molecule has 0 radical (unpaired) electrons. The summed E-state index contributed by atoms with van der Waals surface area (Å²) in [4.78, 5) is 14.0. The molecule has 3 nitrogen and oxygen atoms in total. The van der Waals surface area contributed by atoms with Gasteiger partial charge in [-0.15, -0.1) is 0 Å². The van der Waals surface area contributed by atoms with Crippen LogP contribution in [0.2, 0.25) is 0 Å². The predicted octanol–water partition coefficient (Wildman–Crippen LogP) is 9.69. The van der Waals surface area contributed by atoms with Crippen molar-refractivity contribution in [3.8, 4) is 11.4 Å². The van der Waals surface area contributed by atoms with Crippen molar-refractivity contribution < 1.29 is 0 Å². The first-order chi connectivity index (χ1) is 17.9. The molecule has 2 saturated carbocycles. The summed E-state index contributed by atoms with van der Waals surface area (Å²) in [7, 11) is 0. The summed E-state index contributed by atoms with van der Waals surface area (Å²) in [6, 6.07) is 4.34. The molecule has 2 aliphatic rings. The van der Waals surface area contributed by atoms with Crippen molar-refractivity contribution in [2.75, 3.05) is 0 Å². The summed E-state index contributed by atoms with van der Waals surface area (Å²) in [5.41, 5.74) is 4.28. The molecule has 0 aliphatic heterocycles. The predicted molar refractivity (Wildman–Crippen MR) is 152 cm³/mol. The average Bonchev–Trinajstić information content (AvgIpc) is 3.84. The van der Waals surface area contributed by atoms with E-state index in [-0.39, 0.29) is 0 Å². The van der Waals surface area contributed by atoms with Gasteiger partial charge in [0.2, 0.25) is 0 Å². The first-order valence-electron chi connectivity index (χ1n) is 15.6. The van der Waals surface area contributed by atoms with E-state index in [2.05, 4.69) is 27.1 Å². The molecule has 2 aromatic rings. The molecule has 0 unspecified atom stereocenters. The van der Waals surface area contributed by atoms with E-state index in [0.29, 0.717) is 0 Å². The van der Waals surface area contributed by atoms with E-state index in [1.165, 1.54) is 134 Å². The lowest BCUT2D eigenvalue weighted by atomic mass is 10.0. The van der Waals surface area contributed by atoms with Crippen LogP contribution < -0.4 is 0 Å². The highest BCUT2D eigenvalue weighted by Gasteiger charge is 2.20. The standard InChI is InChI=1S/C33H51N3/c1(3-7-11-15-28-19-20-28)5-9-13-17-30-23-24-32(35-25-30)33-27-34-31(26-36-33)18-14-10-6-2-4-8-12-16-29-21-22-29/h23-29H,1-22H2. The lowest BCUT2D eigenvalue weighted by molar-refractivity contribution is 0.552. The fourth-order valence-electron chi connectivity index (χ4n) is 5.42. The zero-order valence-electron chi connectivity index (χ0n) is 22.9. The van der Waals surface area contributed by atoms with Gasteiger partial charge in [-0.1, -0.05) is 122 Å². The topological polar surface area (TPSA) is 38.7 Å². The van der Waals surface area contributed by atoms with Gasteiger partial charge < -0.3 is 0 Å². The molecule has 2 aliphatic carbocycles. The number of aromatic nitrogens is 3. The molecule has 0 spiro atoms. The third kappa shape index (κ3) is 11.5. The highest BCUT2D eigenvalue weighted by atomic mass is 14.8. The molecule has 4 rings (SSSR count). The Bertz CT molecular complexity index is 750. The second-order valence-electron chi connectivity index (χ2n) is 11.9. The minimum atomic E-state index is 0.887. The van der Waals surface area contributed by atoms with E-state index < -0.39 is 0 Å². The number of nitrogens with zero attached hydrogens (tertiary/aromatic N) is 3. The van der Waals surface area contributed by atoms with Crippen molar-refractivity contribution in [3.05, 3.63) is 42.0 Å². The minimum Gasteiger partial charge on any atom is -0.257 e. The van der Waals surface area contributed by atoms with Crippen LogP contribution in [-0.4, -0.2) is 15.0 Å². The Morgan fingerprint density at radius 3 is 1.50 bits per heavy atom. The minimum absolute atomic E-state index is 0.887. The van der Waals surface area contributed by atoms with Crippen molar-refractivity contribution in [2.45, 2.75) is 141 Å². The third-order valence-corrected chi connectivity index (χ3v) is 8.31. The molecule has 198 valence electrons. The molecular weight excluding hydrogens is 438 g/mol. The zero-order valence-corrected chi connectivity index (χ0v) is 22.9. The van der Waals surface area contributed by atoms with E-state index in [0.717, 1.165) is 41.8 Å². The summed E-state index contributed by atoms with van der Waals surface area (Å²) < 4.78 is 0. The number of rotatable bonds is 21. The van der Waals surface area contributed by atoms with Crippen LogP contribution in [0.15, 0.2) is 30.7 Å². The third-order valence-electron chi connectivity index (χ3n) is 8.31. The van der Waals surface area contributed by atoms with Crippen LogP contribution in [0.5, 0.6) is 0 Å². The first kappa shape index (κ1) is 27.3. The first-order valence-corrected chi connectivity index (χ1v) is 15.6. The summed E-state index contributed by atoms with van der Waals surface area (Å²) in [5, 5.41) is 0. The highest BCUT2D eigenvalue weighted by Crippen LogP contribution is 2.34. The number of hydrogen-bond acceptors (Lipinski definition) is 3.